The van der Waals surface area contributed by atoms with Crippen LogP contribution in [0.1, 0.15) is 18.3 Å². The molecule has 3 heterocycles. The summed E-state index contributed by atoms with van der Waals surface area (Å²) >= 11 is 0. The highest BCUT2D eigenvalue weighted by Crippen LogP contribution is 2.12. The lowest BCUT2D eigenvalue weighted by atomic mass is 10.1. The van der Waals surface area contributed by atoms with E-state index < -0.39 is 0 Å². The molecular weight excluding hydrogens is 380 g/mol. The number of piperazine rings is 1. The average molecular weight is 413 g/mol. The monoisotopic (exact) mass is 412 g/mol. The molecule has 30 heavy (non-hydrogen) atoms. The van der Waals surface area contributed by atoms with E-state index in [2.05, 4.69) is 23.6 Å². The Morgan fingerprint density at radius 2 is 1.63 bits per heavy atom. The van der Waals surface area contributed by atoms with Crippen molar-refractivity contribution >= 4 is 11.2 Å². The molecule has 1 fully saturated rings. The van der Waals surface area contributed by atoms with Gasteiger partial charge >= 0.3 is 5.69 Å². The minimum absolute atomic E-state index is 0.268. The summed E-state index contributed by atoms with van der Waals surface area (Å²) in [5.74, 6) is 0.897. The smallest absolute Gasteiger partial charge is 0.326 e. The van der Waals surface area contributed by atoms with E-state index in [1.807, 2.05) is 18.2 Å². The maximum absolute atomic E-state index is 13.0. The summed E-state index contributed by atoms with van der Waals surface area (Å²) in [6.07, 6.45) is 0.814. The zero-order chi connectivity index (χ0) is 21.3. The predicted octanol–water partition coefficient (Wildman–Crippen LogP) is -2.02. The van der Waals surface area contributed by atoms with E-state index >= 15 is 0 Å². The van der Waals surface area contributed by atoms with Gasteiger partial charge in [0.05, 0.1) is 6.54 Å². The molecule has 1 aliphatic heterocycles. The van der Waals surface area contributed by atoms with Crippen LogP contribution in [0, 0.1) is 0 Å². The fraction of sp³-hybridized carbons (Fsp3) is 0.500. The molecule has 3 aromatic rings. The zero-order valence-corrected chi connectivity index (χ0v) is 18.1. The number of hydrogen-bond acceptors (Lipinski definition) is 3. The summed E-state index contributed by atoms with van der Waals surface area (Å²) in [4.78, 5) is 33.4. The summed E-state index contributed by atoms with van der Waals surface area (Å²) in [5, 5.41) is 0. The molecule has 0 spiro atoms. The summed E-state index contributed by atoms with van der Waals surface area (Å²) in [7, 11) is 3.23. The lowest BCUT2D eigenvalue weighted by Crippen LogP contribution is -3.27. The molecule has 0 atom stereocenters. The van der Waals surface area contributed by atoms with Gasteiger partial charge in [0.25, 0.3) is 5.56 Å². The molecule has 0 aliphatic carbocycles. The van der Waals surface area contributed by atoms with Crippen LogP contribution in [-0.2, 0) is 33.6 Å². The van der Waals surface area contributed by atoms with Crippen LogP contribution in [0.2, 0.25) is 0 Å². The lowest BCUT2D eigenvalue weighted by molar-refractivity contribution is -1.02. The van der Waals surface area contributed by atoms with Crippen LogP contribution in [0.25, 0.3) is 11.2 Å². The summed E-state index contributed by atoms with van der Waals surface area (Å²) in [6, 6.07) is 10.3. The maximum Gasteiger partial charge on any atom is 0.332 e. The van der Waals surface area contributed by atoms with Crippen molar-refractivity contribution in [2.24, 2.45) is 14.1 Å². The third-order valence-corrected chi connectivity index (χ3v) is 6.47. The van der Waals surface area contributed by atoms with E-state index in [0.717, 1.165) is 45.0 Å². The van der Waals surface area contributed by atoms with Crippen molar-refractivity contribution in [3.8, 4) is 0 Å². The Bertz CT molecular complexity index is 1140. The van der Waals surface area contributed by atoms with Crippen molar-refractivity contribution < 1.29 is 9.80 Å². The molecule has 160 valence electrons. The first-order valence-electron chi connectivity index (χ1n) is 10.9. The van der Waals surface area contributed by atoms with Gasteiger partial charge < -0.3 is 14.4 Å². The molecule has 2 N–H and O–H groups in total. The second-order valence-corrected chi connectivity index (χ2v) is 8.32. The third-order valence-electron chi connectivity index (χ3n) is 6.47. The number of aromatic nitrogens is 4. The van der Waals surface area contributed by atoms with E-state index in [1.54, 1.807) is 11.9 Å². The van der Waals surface area contributed by atoms with Crippen LogP contribution in [-0.4, -0.2) is 51.4 Å². The molecule has 1 aromatic carbocycles. The highest BCUT2D eigenvalue weighted by Gasteiger charge is 2.26. The van der Waals surface area contributed by atoms with E-state index in [0.29, 0.717) is 17.7 Å². The van der Waals surface area contributed by atoms with Gasteiger partial charge in [0, 0.05) is 20.6 Å². The Labute approximate surface area is 176 Å². The van der Waals surface area contributed by atoms with Crippen LogP contribution in [0.4, 0.5) is 0 Å². The Morgan fingerprint density at radius 1 is 0.967 bits per heavy atom. The average Bonchev–Trinajstić information content (AvgIpc) is 3.14. The first kappa shape index (κ1) is 20.6. The van der Waals surface area contributed by atoms with Gasteiger partial charge in [-0.25, -0.2) is 9.78 Å². The van der Waals surface area contributed by atoms with Crippen molar-refractivity contribution in [3.05, 3.63) is 62.6 Å². The molecule has 8 nitrogen and oxygen atoms in total. The van der Waals surface area contributed by atoms with Crippen LogP contribution < -0.4 is 21.0 Å². The first-order valence-corrected chi connectivity index (χ1v) is 10.9. The van der Waals surface area contributed by atoms with Gasteiger partial charge in [-0.2, -0.15) is 0 Å². The molecule has 0 radical (unpaired) electrons. The van der Waals surface area contributed by atoms with Gasteiger partial charge in [-0.1, -0.05) is 30.3 Å². The molecule has 2 aromatic heterocycles. The Hall–Kier alpha value is -2.71. The summed E-state index contributed by atoms with van der Waals surface area (Å²) < 4.78 is 4.73. The number of rotatable bonds is 6. The molecule has 0 bridgehead atoms. The lowest BCUT2D eigenvalue weighted by Gasteiger charge is -2.28. The van der Waals surface area contributed by atoms with Gasteiger partial charge in [-0.05, 0) is 18.9 Å². The normalized spacial score (nSPS) is 19.4. The number of likely N-dealkylation sites (N-methyl/N-ethyl adjacent to an activating group) is 1. The fourth-order valence-electron chi connectivity index (χ4n) is 4.46. The number of hydrogen-bond donors (Lipinski definition) is 2. The molecule has 0 amide bonds. The molecule has 0 unspecified atom stereocenters. The zero-order valence-electron chi connectivity index (χ0n) is 18.1. The molecule has 0 saturated carbocycles. The molecular formula is C22H32N6O2+2. The minimum Gasteiger partial charge on any atom is -0.326 e. The second kappa shape index (κ2) is 8.57. The number of nitrogens with zero attached hydrogens (tertiary/aromatic N) is 4. The van der Waals surface area contributed by atoms with Crippen molar-refractivity contribution in [2.45, 2.75) is 26.4 Å². The number of nitrogens with one attached hydrogen (secondary N) is 2. The van der Waals surface area contributed by atoms with Crippen molar-refractivity contribution in [1.82, 2.24) is 18.7 Å². The van der Waals surface area contributed by atoms with Crippen LogP contribution >= 0.6 is 0 Å². The van der Waals surface area contributed by atoms with Crippen LogP contribution in [0.3, 0.4) is 0 Å². The molecule has 8 heteroatoms. The van der Waals surface area contributed by atoms with E-state index in [9.17, 15) is 9.59 Å². The van der Waals surface area contributed by atoms with E-state index in [4.69, 9.17) is 4.98 Å². The summed E-state index contributed by atoms with van der Waals surface area (Å²) in [5.41, 5.74) is 1.64. The van der Waals surface area contributed by atoms with Crippen LogP contribution in [0.5, 0.6) is 0 Å². The number of benzene rings is 1. The van der Waals surface area contributed by atoms with Crippen molar-refractivity contribution in [3.63, 3.8) is 0 Å². The van der Waals surface area contributed by atoms with Gasteiger partial charge in [0.1, 0.15) is 32.7 Å². The number of aryl methyl sites for hydroxylation is 3. The third kappa shape index (κ3) is 3.85. The highest BCUT2D eigenvalue weighted by molar-refractivity contribution is 5.71. The standard InChI is InChI=1S/C22H30N6O2/c1-4-26-12-14-27(15-13-26)16-18-23-20-19(21(29)25(3)22(30)24(20)2)28(18)11-10-17-8-6-5-7-9-17/h5-9H,4,10-16H2,1-3H3/p+2. The maximum atomic E-state index is 13.0. The SMILES string of the molecule is CC[NH+]1CC[NH+](Cc2nc3c(c(=O)n(C)c(=O)n3C)n2CCc2ccccc2)CC1. The second-order valence-electron chi connectivity index (χ2n) is 8.32. The summed E-state index contributed by atoms with van der Waals surface area (Å²) in [6.45, 7) is 9.37. The van der Waals surface area contributed by atoms with Crippen LogP contribution in [0.15, 0.2) is 39.9 Å². The Morgan fingerprint density at radius 3 is 2.30 bits per heavy atom. The molecule has 1 saturated heterocycles. The van der Waals surface area contributed by atoms with Gasteiger partial charge in [0.2, 0.25) is 0 Å². The Kier molecular flexibility index (Phi) is 5.87. The quantitative estimate of drug-likeness (QED) is 0.491. The number of quaternary nitrogens is 2. The predicted molar refractivity (Wildman–Crippen MR) is 116 cm³/mol. The van der Waals surface area contributed by atoms with Crippen molar-refractivity contribution in [2.75, 3.05) is 32.7 Å². The van der Waals surface area contributed by atoms with Gasteiger partial charge in [-0.3, -0.25) is 13.9 Å². The first-order chi connectivity index (χ1) is 14.5. The minimum atomic E-state index is -0.334. The van der Waals surface area contributed by atoms with Gasteiger partial charge in [-0.15, -0.1) is 0 Å². The molecule has 4 rings (SSSR count). The largest absolute Gasteiger partial charge is 0.332 e. The number of imidazole rings is 1. The van der Waals surface area contributed by atoms with Crippen molar-refractivity contribution in [1.29, 1.82) is 0 Å². The Balaban J connectivity index is 1.72. The van der Waals surface area contributed by atoms with E-state index in [-0.39, 0.29) is 11.2 Å². The fourth-order valence-corrected chi connectivity index (χ4v) is 4.46. The topological polar surface area (TPSA) is 70.7 Å². The molecule has 1 aliphatic rings. The van der Waals surface area contributed by atoms with E-state index in [1.165, 1.54) is 33.2 Å². The number of fused-ring (bicyclic) bond motifs is 1. The highest BCUT2D eigenvalue weighted by atomic mass is 16.2. The van der Waals surface area contributed by atoms with Gasteiger partial charge in [0.15, 0.2) is 17.0 Å².